The molecule has 2 aliphatic heterocycles. The van der Waals surface area contributed by atoms with Crippen molar-refractivity contribution in [1.29, 1.82) is 0 Å². The fraction of sp³-hybridized carbons (Fsp3) is 0.933. The molecule has 0 spiro atoms. The van der Waals surface area contributed by atoms with Crippen molar-refractivity contribution < 1.29 is 4.79 Å². The maximum absolute atomic E-state index is 12.4. The summed E-state index contributed by atoms with van der Waals surface area (Å²) in [7, 11) is 0. The number of nitrogens with zero attached hydrogens (tertiary/aromatic N) is 2. The number of nitrogens with one attached hydrogen (secondary N) is 1. The molecule has 1 unspecified atom stereocenters. The van der Waals surface area contributed by atoms with Gasteiger partial charge in [-0.3, -0.25) is 9.69 Å². The molecule has 2 saturated heterocycles. The highest BCUT2D eigenvalue weighted by Gasteiger charge is 2.31. The van der Waals surface area contributed by atoms with Crippen LogP contribution in [0.25, 0.3) is 0 Å². The number of hydrogen-bond donors (Lipinski definition) is 1. The highest BCUT2D eigenvalue weighted by molar-refractivity contribution is 5.85. The van der Waals surface area contributed by atoms with Crippen LogP contribution in [0.3, 0.4) is 0 Å². The van der Waals surface area contributed by atoms with E-state index >= 15 is 0 Å². The largest absolute Gasteiger partial charge is 0.340 e. The maximum Gasteiger partial charge on any atom is 0.227 e. The number of rotatable bonds is 2. The quantitative estimate of drug-likeness (QED) is 0.836. The molecule has 21 heavy (non-hydrogen) atoms. The van der Waals surface area contributed by atoms with E-state index in [9.17, 15) is 4.79 Å². The summed E-state index contributed by atoms with van der Waals surface area (Å²) < 4.78 is 0. The maximum atomic E-state index is 12.4. The molecule has 3 rings (SSSR count). The van der Waals surface area contributed by atoms with Crippen molar-refractivity contribution in [3.63, 3.8) is 0 Å². The summed E-state index contributed by atoms with van der Waals surface area (Å²) in [6, 6.07) is 0.814. The van der Waals surface area contributed by atoms with Gasteiger partial charge in [-0.05, 0) is 32.2 Å². The summed E-state index contributed by atoms with van der Waals surface area (Å²) in [5, 5.41) is 3.35. The lowest BCUT2D eigenvalue weighted by atomic mass is 9.97. The molecule has 0 aromatic heterocycles. The second kappa shape index (κ2) is 9.19. The van der Waals surface area contributed by atoms with E-state index in [0.29, 0.717) is 5.91 Å². The molecule has 4 nitrogen and oxygen atoms in total. The molecule has 6 heteroatoms. The van der Waals surface area contributed by atoms with E-state index in [0.717, 1.165) is 58.2 Å². The Morgan fingerprint density at radius 1 is 0.905 bits per heavy atom. The van der Waals surface area contributed by atoms with Gasteiger partial charge in [0.25, 0.3) is 0 Å². The summed E-state index contributed by atoms with van der Waals surface area (Å²) >= 11 is 0. The standard InChI is InChI=1S/C15H27N3O.2ClH/c19-15(13-4-3-7-16-12-13)18-10-8-17(9-11-18)14-5-1-2-6-14;;/h13-14,16H,1-12H2;2*1H. The van der Waals surface area contributed by atoms with Gasteiger partial charge in [0.05, 0.1) is 5.92 Å². The third-order valence-electron chi connectivity index (χ3n) is 5.11. The fourth-order valence-corrected chi connectivity index (χ4v) is 3.90. The van der Waals surface area contributed by atoms with Crippen molar-refractivity contribution in [2.75, 3.05) is 39.3 Å². The first-order valence-electron chi connectivity index (χ1n) is 8.08. The average Bonchev–Trinajstić information content (AvgIpc) is 3.02. The van der Waals surface area contributed by atoms with Gasteiger partial charge in [0.15, 0.2) is 0 Å². The molecule has 0 aromatic rings. The minimum atomic E-state index is 0. The first-order chi connectivity index (χ1) is 9.34. The Morgan fingerprint density at radius 2 is 1.57 bits per heavy atom. The van der Waals surface area contributed by atoms with E-state index in [1.165, 1.54) is 25.7 Å². The summed E-state index contributed by atoms with van der Waals surface area (Å²) in [6.07, 6.45) is 7.78. The predicted octanol–water partition coefficient (Wildman–Crippen LogP) is 1.92. The number of piperazine rings is 1. The number of carbonyl (C=O) groups is 1. The van der Waals surface area contributed by atoms with Crippen LogP contribution < -0.4 is 5.32 Å². The van der Waals surface area contributed by atoms with E-state index in [2.05, 4.69) is 15.1 Å². The normalized spacial score (nSPS) is 27.8. The molecule has 3 aliphatic rings. The molecule has 0 radical (unpaired) electrons. The highest BCUT2D eigenvalue weighted by atomic mass is 35.5. The second-order valence-electron chi connectivity index (χ2n) is 6.34. The third-order valence-corrected chi connectivity index (χ3v) is 5.11. The number of carbonyl (C=O) groups excluding carboxylic acids is 1. The monoisotopic (exact) mass is 337 g/mol. The van der Waals surface area contributed by atoms with Crippen molar-refractivity contribution in [2.24, 2.45) is 5.92 Å². The number of hydrogen-bond acceptors (Lipinski definition) is 3. The lowest BCUT2D eigenvalue weighted by Crippen LogP contribution is -2.53. The molecule has 2 heterocycles. The minimum Gasteiger partial charge on any atom is -0.340 e. The Labute approximate surface area is 140 Å². The van der Waals surface area contributed by atoms with E-state index in [1.54, 1.807) is 0 Å². The summed E-state index contributed by atoms with van der Waals surface area (Å²) in [5.74, 6) is 0.644. The topological polar surface area (TPSA) is 35.6 Å². The van der Waals surface area contributed by atoms with Gasteiger partial charge < -0.3 is 10.2 Å². The molecule has 0 aromatic carbocycles. The molecule has 124 valence electrons. The van der Waals surface area contributed by atoms with Crippen molar-refractivity contribution in [1.82, 2.24) is 15.1 Å². The number of piperidine rings is 1. The predicted molar refractivity (Wildman–Crippen MR) is 90.5 cm³/mol. The third kappa shape index (κ3) is 4.72. The van der Waals surface area contributed by atoms with Crippen LogP contribution in [0.2, 0.25) is 0 Å². The van der Waals surface area contributed by atoms with Gasteiger partial charge in [0.2, 0.25) is 5.91 Å². The number of amides is 1. The van der Waals surface area contributed by atoms with Gasteiger partial charge in [-0.1, -0.05) is 12.8 Å². The lowest BCUT2D eigenvalue weighted by Gasteiger charge is -2.39. The van der Waals surface area contributed by atoms with Crippen LogP contribution in [-0.2, 0) is 4.79 Å². The Hall–Kier alpha value is -0.0300. The summed E-state index contributed by atoms with van der Waals surface area (Å²) in [5.41, 5.74) is 0. The molecule has 0 bridgehead atoms. The van der Waals surface area contributed by atoms with Crippen molar-refractivity contribution in [2.45, 2.75) is 44.6 Å². The van der Waals surface area contributed by atoms with Crippen LogP contribution in [0.15, 0.2) is 0 Å². The van der Waals surface area contributed by atoms with Gasteiger partial charge in [-0.2, -0.15) is 0 Å². The minimum absolute atomic E-state index is 0. The van der Waals surface area contributed by atoms with Gasteiger partial charge in [0, 0.05) is 38.8 Å². The first kappa shape index (κ1) is 19.0. The molecule has 1 aliphatic carbocycles. The molecule has 1 saturated carbocycles. The van der Waals surface area contributed by atoms with Gasteiger partial charge in [-0.15, -0.1) is 24.8 Å². The van der Waals surface area contributed by atoms with Gasteiger partial charge in [0.1, 0.15) is 0 Å². The SMILES string of the molecule is Cl.Cl.O=C(C1CCCNC1)N1CCN(C2CCCC2)CC1. The Kier molecular flexibility index (Phi) is 8.32. The van der Waals surface area contributed by atoms with Crippen molar-refractivity contribution >= 4 is 30.7 Å². The first-order valence-corrected chi connectivity index (χ1v) is 8.08. The van der Waals surface area contributed by atoms with Crippen molar-refractivity contribution in [3.05, 3.63) is 0 Å². The van der Waals surface area contributed by atoms with Crippen LogP contribution in [-0.4, -0.2) is 61.0 Å². The lowest BCUT2D eigenvalue weighted by molar-refractivity contribution is -0.138. The molecule has 1 N–H and O–H groups in total. The molecule has 1 atom stereocenters. The van der Waals surface area contributed by atoms with E-state index in [1.807, 2.05) is 0 Å². The summed E-state index contributed by atoms with van der Waals surface area (Å²) in [6.45, 7) is 6.06. The Balaban J connectivity index is 0.00000110. The van der Waals surface area contributed by atoms with E-state index in [-0.39, 0.29) is 30.7 Å². The summed E-state index contributed by atoms with van der Waals surface area (Å²) in [4.78, 5) is 17.2. The highest BCUT2D eigenvalue weighted by Crippen LogP contribution is 2.24. The Morgan fingerprint density at radius 3 is 2.14 bits per heavy atom. The zero-order valence-corrected chi connectivity index (χ0v) is 14.4. The average molecular weight is 338 g/mol. The van der Waals surface area contributed by atoms with Crippen molar-refractivity contribution in [3.8, 4) is 0 Å². The number of halogens is 2. The smallest absolute Gasteiger partial charge is 0.227 e. The van der Waals surface area contributed by atoms with Gasteiger partial charge >= 0.3 is 0 Å². The van der Waals surface area contributed by atoms with Gasteiger partial charge in [-0.25, -0.2) is 0 Å². The fourth-order valence-electron chi connectivity index (χ4n) is 3.90. The zero-order chi connectivity index (χ0) is 13.1. The van der Waals surface area contributed by atoms with Crippen LogP contribution in [0.4, 0.5) is 0 Å². The molecule has 3 fully saturated rings. The van der Waals surface area contributed by atoms with Crippen LogP contribution in [0.5, 0.6) is 0 Å². The molecule has 1 amide bonds. The zero-order valence-electron chi connectivity index (χ0n) is 12.8. The second-order valence-corrected chi connectivity index (χ2v) is 6.34. The van der Waals surface area contributed by atoms with Crippen LogP contribution in [0.1, 0.15) is 38.5 Å². The Bertz CT molecular complexity index is 310. The van der Waals surface area contributed by atoms with E-state index in [4.69, 9.17) is 0 Å². The van der Waals surface area contributed by atoms with Crippen LogP contribution >= 0.6 is 24.8 Å². The van der Waals surface area contributed by atoms with Crippen LogP contribution in [0, 0.1) is 5.92 Å². The molecular formula is C15H29Cl2N3O. The van der Waals surface area contributed by atoms with E-state index < -0.39 is 0 Å². The molecular weight excluding hydrogens is 309 g/mol.